The van der Waals surface area contributed by atoms with Gasteiger partial charge in [-0.3, -0.25) is 14.5 Å². The number of halogens is 3. The Kier molecular flexibility index (Phi) is 5.76. The number of nitrogens with zero attached hydrogens (tertiary/aromatic N) is 1. The van der Waals surface area contributed by atoms with Gasteiger partial charge in [-0.15, -0.1) is 0 Å². The van der Waals surface area contributed by atoms with Gasteiger partial charge in [-0.05, 0) is 49.9 Å². The quantitative estimate of drug-likeness (QED) is 0.659. The van der Waals surface area contributed by atoms with Crippen molar-refractivity contribution in [3.8, 4) is 0 Å². The molecule has 6 nitrogen and oxygen atoms in total. The number of anilines is 1. The summed E-state index contributed by atoms with van der Waals surface area (Å²) in [4.78, 5) is 27.4. The first kappa shape index (κ1) is 25.1. The number of aryl methyl sites for hydroxylation is 2. The minimum Gasteiger partial charge on any atom is -0.294 e. The SMILES string of the molecule is Cc1ccc(N2C(=O)C(NS(=O)(=O)c3ccc(C)cc3)(C(F)(F)F)C3=C2CC(C)(C)CC3=O)cc1. The van der Waals surface area contributed by atoms with Crippen molar-refractivity contribution in [1.29, 1.82) is 0 Å². The molecule has 0 fully saturated rings. The lowest BCUT2D eigenvalue weighted by Crippen LogP contribution is -2.66. The summed E-state index contributed by atoms with van der Waals surface area (Å²) < 4.78 is 72.7. The summed E-state index contributed by atoms with van der Waals surface area (Å²) in [6.45, 7) is 6.91. The molecule has 4 rings (SSSR count). The lowest BCUT2D eigenvalue weighted by Gasteiger charge is -2.35. The fraction of sp³-hybridized carbons (Fsp3) is 0.360. The molecular weight excluding hydrogens is 481 g/mol. The number of ketones is 1. The van der Waals surface area contributed by atoms with Gasteiger partial charge in [-0.2, -0.15) is 17.9 Å². The van der Waals surface area contributed by atoms with E-state index in [4.69, 9.17) is 0 Å². The smallest absolute Gasteiger partial charge is 0.294 e. The minimum absolute atomic E-state index is 0.0161. The van der Waals surface area contributed by atoms with E-state index < -0.39 is 49.3 Å². The molecule has 2 aliphatic rings. The molecule has 35 heavy (non-hydrogen) atoms. The van der Waals surface area contributed by atoms with Crippen LogP contribution in [0.15, 0.2) is 64.7 Å². The monoisotopic (exact) mass is 506 g/mol. The second-order valence-electron chi connectivity index (χ2n) is 9.91. The Hall–Kier alpha value is -2.98. The van der Waals surface area contributed by atoms with Gasteiger partial charge in [0.25, 0.3) is 5.91 Å². The molecule has 0 saturated carbocycles. The number of alkyl halides is 3. The fourth-order valence-corrected chi connectivity index (χ4v) is 5.98. The standard InChI is InChI=1S/C25H25F3N2O4S/c1-15-5-9-17(10-6-15)30-19-13-23(3,4)14-20(31)21(19)24(22(30)32,25(26,27)28)29-35(33,34)18-11-7-16(2)8-12-18/h5-12,29H,13-14H2,1-4H3. The van der Waals surface area contributed by atoms with Crippen molar-refractivity contribution < 1.29 is 31.2 Å². The predicted octanol–water partition coefficient (Wildman–Crippen LogP) is 4.57. The van der Waals surface area contributed by atoms with Crippen LogP contribution in [0.5, 0.6) is 0 Å². The van der Waals surface area contributed by atoms with Crippen LogP contribution in [-0.4, -0.2) is 31.8 Å². The molecule has 0 spiro atoms. The largest absolute Gasteiger partial charge is 0.421 e. The number of hydrogen-bond acceptors (Lipinski definition) is 4. The summed E-state index contributed by atoms with van der Waals surface area (Å²) in [6, 6.07) is 11.4. The Bertz CT molecular complexity index is 1340. The molecule has 0 radical (unpaired) electrons. The van der Waals surface area contributed by atoms with E-state index >= 15 is 0 Å². The first-order valence-corrected chi connectivity index (χ1v) is 12.4. The third kappa shape index (κ3) is 4.08. The lowest BCUT2D eigenvalue weighted by atomic mass is 9.72. The molecule has 0 aromatic heterocycles. The number of carbonyl (C=O) groups excluding carboxylic acids is 2. The van der Waals surface area contributed by atoms with Crippen molar-refractivity contribution in [3.05, 3.63) is 70.9 Å². The molecule has 10 heteroatoms. The van der Waals surface area contributed by atoms with Gasteiger partial charge in [0, 0.05) is 17.8 Å². The lowest BCUT2D eigenvalue weighted by molar-refractivity contribution is -0.184. The number of benzene rings is 2. The zero-order valence-electron chi connectivity index (χ0n) is 19.7. The van der Waals surface area contributed by atoms with Gasteiger partial charge >= 0.3 is 6.18 Å². The number of rotatable bonds is 4. The van der Waals surface area contributed by atoms with Crippen molar-refractivity contribution >= 4 is 27.4 Å². The van der Waals surface area contributed by atoms with Gasteiger partial charge in [0.15, 0.2) is 5.78 Å². The maximum absolute atomic E-state index is 14.9. The second kappa shape index (κ2) is 8.03. The summed E-state index contributed by atoms with van der Waals surface area (Å²) in [5.41, 5.74) is -3.82. The Labute approximate surface area is 201 Å². The molecule has 2 aromatic rings. The van der Waals surface area contributed by atoms with Crippen LogP contribution in [0.25, 0.3) is 0 Å². The summed E-state index contributed by atoms with van der Waals surface area (Å²) in [7, 11) is -4.85. The van der Waals surface area contributed by atoms with Crippen molar-refractivity contribution in [2.24, 2.45) is 5.41 Å². The fourth-order valence-electron chi connectivity index (χ4n) is 4.66. The van der Waals surface area contributed by atoms with Crippen molar-refractivity contribution in [1.82, 2.24) is 4.72 Å². The third-order valence-corrected chi connectivity index (χ3v) is 7.83. The van der Waals surface area contributed by atoms with E-state index in [1.165, 1.54) is 24.3 Å². The number of amides is 1. The molecule has 1 aliphatic carbocycles. The molecule has 1 heterocycles. The van der Waals surface area contributed by atoms with Gasteiger partial charge in [-0.25, -0.2) is 8.42 Å². The van der Waals surface area contributed by atoms with Crippen LogP contribution in [0.1, 0.15) is 37.8 Å². The van der Waals surface area contributed by atoms with Gasteiger partial charge in [0.1, 0.15) is 0 Å². The van der Waals surface area contributed by atoms with Crippen molar-refractivity contribution in [2.45, 2.75) is 57.1 Å². The van der Waals surface area contributed by atoms with Crippen molar-refractivity contribution in [2.75, 3.05) is 4.90 Å². The van der Waals surface area contributed by atoms with Crippen LogP contribution in [-0.2, 0) is 19.6 Å². The van der Waals surface area contributed by atoms with E-state index in [0.717, 1.165) is 22.6 Å². The van der Waals surface area contributed by atoms with Crippen LogP contribution in [0.4, 0.5) is 18.9 Å². The number of Topliss-reactive ketones (excluding diaryl/α,β-unsaturated/α-hetero) is 1. The molecule has 1 aliphatic heterocycles. The number of allylic oxidation sites excluding steroid dienone is 1. The minimum atomic E-state index is -5.43. The highest BCUT2D eigenvalue weighted by Crippen LogP contribution is 2.53. The second-order valence-corrected chi connectivity index (χ2v) is 11.6. The Balaban J connectivity index is 1.98. The molecule has 0 bridgehead atoms. The van der Waals surface area contributed by atoms with E-state index in [1.54, 1.807) is 44.5 Å². The van der Waals surface area contributed by atoms with E-state index in [1.807, 2.05) is 0 Å². The maximum atomic E-state index is 14.9. The summed E-state index contributed by atoms with van der Waals surface area (Å²) in [5, 5.41) is 0. The summed E-state index contributed by atoms with van der Waals surface area (Å²) >= 11 is 0. The number of nitrogens with one attached hydrogen (secondary N) is 1. The van der Waals surface area contributed by atoms with Gasteiger partial charge < -0.3 is 0 Å². The highest BCUT2D eigenvalue weighted by Gasteiger charge is 2.72. The van der Waals surface area contributed by atoms with Crippen LogP contribution < -0.4 is 9.62 Å². The highest BCUT2D eigenvalue weighted by molar-refractivity contribution is 7.89. The van der Waals surface area contributed by atoms with Crippen molar-refractivity contribution in [3.63, 3.8) is 0 Å². The zero-order valence-corrected chi connectivity index (χ0v) is 20.5. The van der Waals surface area contributed by atoms with Crippen LogP contribution in [0.3, 0.4) is 0 Å². The van der Waals surface area contributed by atoms with Gasteiger partial charge in [0.05, 0.1) is 10.5 Å². The van der Waals surface area contributed by atoms with E-state index in [9.17, 15) is 31.2 Å². The average Bonchev–Trinajstić information content (AvgIpc) is 2.96. The van der Waals surface area contributed by atoms with E-state index in [-0.39, 0.29) is 24.2 Å². The third-order valence-electron chi connectivity index (χ3n) is 6.36. The molecule has 0 saturated heterocycles. The normalized spacial score (nSPS) is 22.5. The van der Waals surface area contributed by atoms with E-state index in [2.05, 4.69) is 0 Å². The van der Waals surface area contributed by atoms with Crippen LogP contribution in [0.2, 0.25) is 0 Å². The summed E-state index contributed by atoms with van der Waals surface area (Å²) in [5.74, 6) is -2.48. The average molecular weight is 507 g/mol. The molecular formula is C25H25F3N2O4S. The maximum Gasteiger partial charge on any atom is 0.421 e. The topological polar surface area (TPSA) is 83.6 Å². The first-order chi connectivity index (χ1) is 16.1. The number of hydrogen-bond donors (Lipinski definition) is 1. The number of sulfonamides is 1. The molecule has 2 aromatic carbocycles. The van der Waals surface area contributed by atoms with Gasteiger partial charge in [0.2, 0.25) is 15.6 Å². The molecule has 1 unspecified atom stereocenters. The van der Waals surface area contributed by atoms with E-state index in [0.29, 0.717) is 5.56 Å². The number of carbonyl (C=O) groups is 2. The Morgan fingerprint density at radius 2 is 1.40 bits per heavy atom. The van der Waals surface area contributed by atoms with Crippen LogP contribution >= 0.6 is 0 Å². The van der Waals surface area contributed by atoms with Gasteiger partial charge in [-0.1, -0.05) is 49.2 Å². The zero-order chi connectivity index (χ0) is 26.0. The molecule has 1 N–H and O–H groups in total. The molecule has 1 amide bonds. The highest BCUT2D eigenvalue weighted by atomic mass is 32.2. The molecule has 186 valence electrons. The Morgan fingerprint density at radius 3 is 1.91 bits per heavy atom. The molecule has 1 atom stereocenters. The first-order valence-electron chi connectivity index (χ1n) is 10.9. The summed E-state index contributed by atoms with van der Waals surface area (Å²) in [6.07, 6.45) is -5.71. The van der Waals surface area contributed by atoms with Crippen LogP contribution in [0, 0.1) is 19.3 Å². The predicted molar refractivity (Wildman–Crippen MR) is 124 cm³/mol. The Morgan fingerprint density at radius 1 is 0.886 bits per heavy atom.